The summed E-state index contributed by atoms with van der Waals surface area (Å²) >= 11 is 3.44. The first-order chi connectivity index (χ1) is 6.74. The molecular weight excluding hydrogens is 250 g/mol. The molecule has 0 spiro atoms. The van der Waals surface area contributed by atoms with Gasteiger partial charge in [-0.15, -0.1) is 0 Å². The van der Waals surface area contributed by atoms with E-state index in [0.29, 0.717) is 31.2 Å². The number of rotatable bonds is 4. The van der Waals surface area contributed by atoms with E-state index in [2.05, 4.69) is 28.2 Å². The van der Waals surface area contributed by atoms with Crippen LogP contribution in [0.4, 0.5) is 0 Å². The molecule has 0 aliphatic carbocycles. The molecular formula is C9H16BrNO3. The van der Waals surface area contributed by atoms with Gasteiger partial charge in [-0.3, -0.25) is 4.79 Å². The second-order valence-corrected chi connectivity index (χ2v) is 4.48. The lowest BCUT2D eigenvalue weighted by atomic mass is 10.3. The van der Waals surface area contributed by atoms with Gasteiger partial charge in [0.1, 0.15) is 0 Å². The first kappa shape index (κ1) is 11.9. The average Bonchev–Trinajstić information content (AvgIpc) is 2.26. The fraction of sp³-hybridized carbons (Fsp3) is 0.889. The quantitative estimate of drug-likeness (QED) is 0.762. The van der Waals surface area contributed by atoms with Crippen LogP contribution in [0, 0.1) is 0 Å². The predicted octanol–water partition coefficient (Wildman–Crippen LogP) is 0.692. The molecule has 82 valence electrons. The van der Waals surface area contributed by atoms with E-state index in [1.807, 2.05) is 0 Å². The number of nitrogens with one attached hydrogen (secondary N) is 1. The van der Waals surface area contributed by atoms with Crippen LogP contribution in [0.15, 0.2) is 0 Å². The Morgan fingerprint density at radius 1 is 1.64 bits per heavy atom. The minimum atomic E-state index is -0.430. The van der Waals surface area contributed by atoms with Crippen molar-refractivity contribution >= 4 is 21.8 Å². The summed E-state index contributed by atoms with van der Waals surface area (Å²) in [5.41, 5.74) is 0. The zero-order valence-electron chi connectivity index (χ0n) is 8.29. The molecule has 2 atom stereocenters. The molecule has 1 amide bonds. The largest absolute Gasteiger partial charge is 0.376 e. The lowest BCUT2D eigenvalue weighted by molar-refractivity contribution is -0.147. The van der Waals surface area contributed by atoms with Gasteiger partial charge >= 0.3 is 0 Å². The van der Waals surface area contributed by atoms with Crippen LogP contribution in [0.1, 0.15) is 13.3 Å². The van der Waals surface area contributed by atoms with Crippen LogP contribution >= 0.6 is 15.9 Å². The molecule has 0 aromatic carbocycles. The second kappa shape index (κ2) is 6.37. The predicted molar refractivity (Wildman–Crippen MR) is 56.6 cm³/mol. The Morgan fingerprint density at radius 2 is 2.43 bits per heavy atom. The van der Waals surface area contributed by atoms with Crippen molar-refractivity contribution in [1.82, 2.24) is 5.32 Å². The number of hydrogen-bond donors (Lipinski definition) is 1. The first-order valence-corrected chi connectivity index (χ1v) is 5.76. The van der Waals surface area contributed by atoms with Gasteiger partial charge in [-0.1, -0.05) is 22.9 Å². The monoisotopic (exact) mass is 265 g/mol. The Hall–Kier alpha value is -0.130. The molecule has 1 aliphatic rings. The lowest BCUT2D eigenvalue weighted by Gasteiger charge is -2.22. The highest BCUT2D eigenvalue weighted by atomic mass is 79.9. The van der Waals surface area contributed by atoms with Crippen LogP contribution in [-0.2, 0) is 14.3 Å². The molecule has 1 rings (SSSR count). The molecule has 4 nitrogen and oxygen atoms in total. The molecule has 14 heavy (non-hydrogen) atoms. The molecule has 1 aliphatic heterocycles. The molecule has 0 radical (unpaired) electrons. The number of carbonyl (C=O) groups is 1. The maximum absolute atomic E-state index is 11.5. The molecule has 1 N–H and O–H groups in total. The molecule has 5 heteroatoms. The van der Waals surface area contributed by atoms with E-state index in [4.69, 9.17) is 9.47 Å². The van der Waals surface area contributed by atoms with Crippen LogP contribution in [0.5, 0.6) is 0 Å². The van der Waals surface area contributed by atoms with E-state index in [9.17, 15) is 4.79 Å². The van der Waals surface area contributed by atoms with Crippen LogP contribution in [0.2, 0.25) is 0 Å². The summed E-state index contributed by atoms with van der Waals surface area (Å²) in [5, 5.41) is 2.81. The van der Waals surface area contributed by atoms with Gasteiger partial charge in [0.2, 0.25) is 0 Å². The van der Waals surface area contributed by atoms with Gasteiger partial charge in [-0.05, 0) is 6.42 Å². The summed E-state index contributed by atoms with van der Waals surface area (Å²) in [6.07, 6.45) is 0.558. The number of halogens is 1. The van der Waals surface area contributed by atoms with Crippen molar-refractivity contribution in [2.45, 2.75) is 24.3 Å². The minimum Gasteiger partial charge on any atom is -0.376 e. The van der Waals surface area contributed by atoms with Crippen molar-refractivity contribution in [2.24, 2.45) is 0 Å². The van der Waals surface area contributed by atoms with E-state index < -0.39 is 6.10 Å². The van der Waals surface area contributed by atoms with Crippen molar-refractivity contribution in [3.63, 3.8) is 0 Å². The van der Waals surface area contributed by atoms with Crippen molar-refractivity contribution in [2.75, 3.05) is 26.4 Å². The molecule has 1 saturated heterocycles. The highest BCUT2D eigenvalue weighted by Gasteiger charge is 2.22. The molecule has 0 aromatic heterocycles. The normalized spacial score (nSPS) is 24.3. The lowest BCUT2D eigenvalue weighted by Crippen LogP contribution is -2.44. The Balaban J connectivity index is 2.19. The molecule has 2 unspecified atom stereocenters. The summed E-state index contributed by atoms with van der Waals surface area (Å²) in [7, 11) is 0. The van der Waals surface area contributed by atoms with Gasteiger partial charge in [-0.25, -0.2) is 0 Å². The zero-order valence-corrected chi connectivity index (χ0v) is 9.88. The SMILES string of the molecule is CCC(Br)CNC(=O)C1COCCO1. The summed E-state index contributed by atoms with van der Waals surface area (Å²) in [4.78, 5) is 11.8. The molecule has 0 bridgehead atoms. The smallest absolute Gasteiger partial charge is 0.251 e. The van der Waals surface area contributed by atoms with Crippen molar-refractivity contribution in [3.05, 3.63) is 0 Å². The van der Waals surface area contributed by atoms with E-state index in [0.717, 1.165) is 6.42 Å². The van der Waals surface area contributed by atoms with Gasteiger partial charge in [-0.2, -0.15) is 0 Å². The molecule has 1 fully saturated rings. The Bertz CT molecular complexity index is 183. The second-order valence-electron chi connectivity index (χ2n) is 3.19. The van der Waals surface area contributed by atoms with E-state index >= 15 is 0 Å². The number of hydrogen-bond acceptors (Lipinski definition) is 3. The first-order valence-electron chi connectivity index (χ1n) is 4.85. The maximum Gasteiger partial charge on any atom is 0.251 e. The summed E-state index contributed by atoms with van der Waals surface area (Å²) < 4.78 is 10.4. The van der Waals surface area contributed by atoms with Gasteiger partial charge < -0.3 is 14.8 Å². The molecule has 0 saturated carbocycles. The number of carbonyl (C=O) groups excluding carboxylic acids is 1. The Morgan fingerprint density at radius 3 is 3.00 bits per heavy atom. The standard InChI is InChI=1S/C9H16BrNO3/c1-2-7(10)5-11-9(12)8-6-13-3-4-14-8/h7-8H,2-6H2,1H3,(H,11,12). The highest BCUT2D eigenvalue weighted by Crippen LogP contribution is 2.04. The summed E-state index contributed by atoms with van der Waals surface area (Å²) in [6, 6.07) is 0. The highest BCUT2D eigenvalue weighted by molar-refractivity contribution is 9.09. The Labute approximate surface area is 92.5 Å². The molecule has 0 aromatic rings. The fourth-order valence-electron chi connectivity index (χ4n) is 1.11. The van der Waals surface area contributed by atoms with Gasteiger partial charge in [0.15, 0.2) is 6.10 Å². The number of ether oxygens (including phenoxy) is 2. The van der Waals surface area contributed by atoms with Crippen molar-refractivity contribution in [3.8, 4) is 0 Å². The van der Waals surface area contributed by atoms with Gasteiger partial charge in [0, 0.05) is 11.4 Å². The minimum absolute atomic E-state index is 0.0809. The van der Waals surface area contributed by atoms with E-state index in [1.165, 1.54) is 0 Å². The summed E-state index contributed by atoms with van der Waals surface area (Å²) in [5.74, 6) is -0.0809. The number of alkyl halides is 1. The third-order valence-electron chi connectivity index (χ3n) is 2.05. The Kier molecular flexibility index (Phi) is 5.44. The topological polar surface area (TPSA) is 47.6 Å². The van der Waals surface area contributed by atoms with Crippen molar-refractivity contribution in [1.29, 1.82) is 0 Å². The van der Waals surface area contributed by atoms with Gasteiger partial charge in [0.05, 0.1) is 19.8 Å². The van der Waals surface area contributed by atoms with Crippen LogP contribution in [0.3, 0.4) is 0 Å². The van der Waals surface area contributed by atoms with Crippen LogP contribution in [-0.4, -0.2) is 43.2 Å². The van der Waals surface area contributed by atoms with Crippen LogP contribution in [0.25, 0.3) is 0 Å². The average molecular weight is 266 g/mol. The third-order valence-corrected chi connectivity index (χ3v) is 3.02. The zero-order chi connectivity index (χ0) is 10.4. The summed E-state index contributed by atoms with van der Waals surface area (Å²) in [6.45, 7) is 4.15. The third kappa shape index (κ3) is 3.94. The van der Waals surface area contributed by atoms with E-state index in [-0.39, 0.29) is 5.91 Å². The van der Waals surface area contributed by atoms with Gasteiger partial charge in [0.25, 0.3) is 5.91 Å². The molecule has 1 heterocycles. The van der Waals surface area contributed by atoms with Crippen LogP contribution < -0.4 is 5.32 Å². The maximum atomic E-state index is 11.5. The van der Waals surface area contributed by atoms with Crippen molar-refractivity contribution < 1.29 is 14.3 Å². The fourth-order valence-corrected chi connectivity index (χ4v) is 1.27. The van der Waals surface area contributed by atoms with E-state index in [1.54, 1.807) is 0 Å². The number of amides is 1.